The van der Waals surface area contributed by atoms with Gasteiger partial charge >= 0.3 is 0 Å². The molecule has 2 aromatic rings. The van der Waals surface area contributed by atoms with Gasteiger partial charge in [0.05, 0.1) is 5.02 Å². The fraction of sp³-hybridized carbons (Fsp3) is 0.200. The predicted octanol–water partition coefficient (Wildman–Crippen LogP) is 3.50. The van der Waals surface area contributed by atoms with E-state index in [-0.39, 0.29) is 13.2 Å². The van der Waals surface area contributed by atoms with Gasteiger partial charge in [-0.3, -0.25) is 0 Å². The van der Waals surface area contributed by atoms with Crippen LogP contribution in [0.25, 0.3) is 0 Å². The molecule has 0 heterocycles. The van der Waals surface area contributed by atoms with Crippen LogP contribution in [0.1, 0.15) is 0 Å². The van der Waals surface area contributed by atoms with Crippen LogP contribution in [-0.2, 0) is 0 Å². The summed E-state index contributed by atoms with van der Waals surface area (Å²) < 4.78 is 11.8. The second kappa shape index (κ2) is 7.54. The molecule has 0 radical (unpaired) electrons. The molecule has 21 heavy (non-hydrogen) atoms. The van der Waals surface area contributed by atoms with Crippen molar-refractivity contribution in [3.8, 4) is 11.5 Å². The molecule has 0 aliphatic rings. The van der Waals surface area contributed by atoms with Crippen molar-refractivity contribution in [2.75, 3.05) is 18.9 Å². The molecule has 3 N–H and O–H groups in total. The smallest absolute Gasteiger partial charge is 0.139 e. The average Bonchev–Trinajstić information content (AvgIpc) is 2.47. The van der Waals surface area contributed by atoms with E-state index >= 15 is 0 Å². The molecule has 6 heteroatoms. The van der Waals surface area contributed by atoms with Gasteiger partial charge in [-0.2, -0.15) is 0 Å². The first-order valence-electron chi connectivity index (χ1n) is 6.29. The molecule has 1 unspecified atom stereocenters. The SMILES string of the molecule is Nc1ccc(OCC(O)COc2cc(Br)ccc2Cl)cc1. The van der Waals surface area contributed by atoms with Crippen molar-refractivity contribution in [3.63, 3.8) is 0 Å². The van der Waals surface area contributed by atoms with Gasteiger partial charge in [0.2, 0.25) is 0 Å². The van der Waals surface area contributed by atoms with Gasteiger partial charge in [0, 0.05) is 10.2 Å². The van der Waals surface area contributed by atoms with Crippen LogP contribution in [0.5, 0.6) is 11.5 Å². The number of nitrogens with two attached hydrogens (primary N) is 1. The maximum atomic E-state index is 9.86. The molecular formula is C15H15BrClNO3. The van der Waals surface area contributed by atoms with Gasteiger partial charge in [0.1, 0.15) is 30.8 Å². The van der Waals surface area contributed by atoms with Crippen molar-refractivity contribution in [3.05, 3.63) is 52.0 Å². The zero-order chi connectivity index (χ0) is 15.2. The summed E-state index contributed by atoms with van der Waals surface area (Å²) in [5.74, 6) is 1.15. The molecule has 112 valence electrons. The summed E-state index contributed by atoms with van der Waals surface area (Å²) in [6, 6.07) is 12.2. The molecule has 0 aliphatic heterocycles. The lowest BCUT2D eigenvalue weighted by Gasteiger charge is -2.14. The topological polar surface area (TPSA) is 64.7 Å². The lowest BCUT2D eigenvalue weighted by molar-refractivity contribution is 0.0627. The van der Waals surface area contributed by atoms with E-state index in [1.54, 1.807) is 36.4 Å². The summed E-state index contributed by atoms with van der Waals surface area (Å²) in [5, 5.41) is 10.3. The molecule has 2 rings (SSSR count). The van der Waals surface area contributed by atoms with Crippen LogP contribution in [0.4, 0.5) is 5.69 Å². The monoisotopic (exact) mass is 371 g/mol. The van der Waals surface area contributed by atoms with E-state index in [2.05, 4.69) is 15.9 Å². The second-order valence-electron chi connectivity index (χ2n) is 4.42. The van der Waals surface area contributed by atoms with Gasteiger partial charge in [-0.25, -0.2) is 0 Å². The summed E-state index contributed by atoms with van der Waals surface area (Å²) in [6.07, 6.45) is -0.766. The van der Waals surface area contributed by atoms with Crippen molar-refractivity contribution in [1.82, 2.24) is 0 Å². The third-order valence-corrected chi connectivity index (χ3v) is 3.45. The fourth-order valence-electron chi connectivity index (χ4n) is 1.58. The highest BCUT2D eigenvalue weighted by Gasteiger charge is 2.09. The predicted molar refractivity (Wildman–Crippen MR) is 87.0 cm³/mol. The Balaban J connectivity index is 1.80. The standard InChI is InChI=1S/C15H15BrClNO3/c16-10-1-6-14(17)15(7-10)21-9-12(19)8-20-13-4-2-11(18)3-5-13/h1-7,12,19H,8-9,18H2. The van der Waals surface area contributed by atoms with Crippen molar-refractivity contribution in [1.29, 1.82) is 0 Å². The minimum absolute atomic E-state index is 0.0884. The van der Waals surface area contributed by atoms with Crippen LogP contribution in [-0.4, -0.2) is 24.4 Å². The number of halogens is 2. The number of aliphatic hydroxyl groups is 1. The number of hydrogen-bond acceptors (Lipinski definition) is 4. The summed E-state index contributed by atoms with van der Waals surface area (Å²) in [5.41, 5.74) is 6.24. The van der Waals surface area contributed by atoms with E-state index < -0.39 is 6.10 Å². The Hall–Kier alpha value is -1.43. The first-order chi connectivity index (χ1) is 10.0. The zero-order valence-electron chi connectivity index (χ0n) is 11.1. The average molecular weight is 373 g/mol. The van der Waals surface area contributed by atoms with E-state index in [0.717, 1.165) is 4.47 Å². The van der Waals surface area contributed by atoms with E-state index in [1.165, 1.54) is 0 Å². The Labute approximate surface area is 136 Å². The summed E-state index contributed by atoms with van der Waals surface area (Å²) in [7, 11) is 0. The van der Waals surface area contributed by atoms with Gasteiger partial charge in [-0.1, -0.05) is 27.5 Å². The second-order valence-corrected chi connectivity index (χ2v) is 5.74. The minimum Gasteiger partial charge on any atom is -0.491 e. The van der Waals surface area contributed by atoms with Gasteiger partial charge in [0.15, 0.2) is 0 Å². The lowest BCUT2D eigenvalue weighted by atomic mass is 10.3. The van der Waals surface area contributed by atoms with Crippen LogP contribution in [0.15, 0.2) is 46.9 Å². The normalized spacial score (nSPS) is 12.0. The number of benzene rings is 2. The summed E-state index contributed by atoms with van der Waals surface area (Å²) >= 11 is 9.33. The molecule has 0 saturated carbocycles. The molecule has 0 aromatic heterocycles. The molecule has 2 aromatic carbocycles. The molecule has 1 atom stereocenters. The van der Waals surface area contributed by atoms with Gasteiger partial charge in [-0.15, -0.1) is 0 Å². The highest BCUT2D eigenvalue weighted by molar-refractivity contribution is 9.10. The molecule has 0 spiro atoms. The first kappa shape index (κ1) is 15.9. The molecule has 4 nitrogen and oxygen atoms in total. The number of rotatable bonds is 6. The van der Waals surface area contributed by atoms with Crippen molar-refractivity contribution >= 4 is 33.2 Å². The van der Waals surface area contributed by atoms with Crippen molar-refractivity contribution in [2.24, 2.45) is 0 Å². The number of nitrogen functional groups attached to an aromatic ring is 1. The van der Waals surface area contributed by atoms with E-state index in [0.29, 0.717) is 22.2 Å². The summed E-state index contributed by atoms with van der Waals surface area (Å²) in [6.45, 7) is 0.209. The molecule has 0 fully saturated rings. The Morgan fingerprint density at radius 2 is 1.76 bits per heavy atom. The van der Waals surface area contributed by atoms with E-state index in [4.69, 9.17) is 26.8 Å². The molecule has 0 bridgehead atoms. The van der Waals surface area contributed by atoms with Gasteiger partial charge < -0.3 is 20.3 Å². The largest absolute Gasteiger partial charge is 0.491 e. The van der Waals surface area contributed by atoms with Crippen molar-refractivity contribution in [2.45, 2.75) is 6.10 Å². The minimum atomic E-state index is -0.766. The third kappa shape index (κ3) is 5.12. The van der Waals surface area contributed by atoms with Crippen LogP contribution in [0.3, 0.4) is 0 Å². The Morgan fingerprint density at radius 1 is 1.10 bits per heavy atom. The molecular weight excluding hydrogens is 358 g/mol. The third-order valence-electron chi connectivity index (χ3n) is 2.65. The zero-order valence-corrected chi connectivity index (χ0v) is 13.5. The number of ether oxygens (including phenoxy) is 2. The molecule has 0 aliphatic carbocycles. The van der Waals surface area contributed by atoms with E-state index in [1.807, 2.05) is 6.07 Å². The highest BCUT2D eigenvalue weighted by Crippen LogP contribution is 2.28. The number of aliphatic hydroxyl groups excluding tert-OH is 1. The van der Waals surface area contributed by atoms with Gasteiger partial charge in [0.25, 0.3) is 0 Å². The fourth-order valence-corrected chi connectivity index (χ4v) is 2.09. The van der Waals surface area contributed by atoms with Crippen molar-refractivity contribution < 1.29 is 14.6 Å². The molecule has 0 saturated heterocycles. The van der Waals surface area contributed by atoms with Gasteiger partial charge in [-0.05, 0) is 42.5 Å². The van der Waals surface area contributed by atoms with Crippen LogP contribution < -0.4 is 15.2 Å². The summed E-state index contributed by atoms with van der Waals surface area (Å²) in [4.78, 5) is 0. The maximum absolute atomic E-state index is 9.86. The highest BCUT2D eigenvalue weighted by atomic mass is 79.9. The molecule has 0 amide bonds. The Bertz CT molecular complexity index is 592. The Morgan fingerprint density at radius 3 is 2.48 bits per heavy atom. The van der Waals surface area contributed by atoms with E-state index in [9.17, 15) is 5.11 Å². The lowest BCUT2D eigenvalue weighted by Crippen LogP contribution is -2.25. The van der Waals surface area contributed by atoms with Crippen LogP contribution >= 0.6 is 27.5 Å². The number of anilines is 1. The first-order valence-corrected chi connectivity index (χ1v) is 7.46. The van der Waals surface area contributed by atoms with Crippen LogP contribution in [0.2, 0.25) is 5.02 Å². The maximum Gasteiger partial charge on any atom is 0.139 e. The van der Waals surface area contributed by atoms with Crippen LogP contribution in [0, 0.1) is 0 Å². The number of hydrogen-bond donors (Lipinski definition) is 2. The quantitative estimate of drug-likeness (QED) is 0.762. The Kier molecular flexibility index (Phi) is 5.73.